The molecule has 0 heterocycles. The average Bonchev–Trinajstić information content (AvgIpc) is 2.70. The lowest BCUT2D eigenvalue weighted by Crippen LogP contribution is -2.26. The van der Waals surface area contributed by atoms with Crippen LogP contribution in [0.2, 0.25) is 0 Å². The van der Waals surface area contributed by atoms with Gasteiger partial charge in [-0.1, -0.05) is 52.3 Å². The standard InChI is InChI=1S/C21H19BrN2O3S/c1-24(19-7-3-2-4-8-19)28(26,27)20-9-5-6-18(15-20)23-21(25)14-16-10-12-17(22)13-11-16/h2-13,15H,14H2,1H3,(H,23,25). The van der Waals surface area contributed by atoms with Crippen molar-refractivity contribution in [2.75, 3.05) is 16.7 Å². The Kier molecular flexibility index (Phi) is 6.16. The van der Waals surface area contributed by atoms with E-state index in [4.69, 9.17) is 0 Å². The van der Waals surface area contributed by atoms with Crippen molar-refractivity contribution < 1.29 is 13.2 Å². The Hall–Kier alpha value is -2.64. The summed E-state index contributed by atoms with van der Waals surface area (Å²) in [5.74, 6) is -0.215. The Bertz CT molecular complexity index is 1070. The van der Waals surface area contributed by atoms with Gasteiger partial charge in [0.1, 0.15) is 0 Å². The molecule has 5 nitrogen and oxygen atoms in total. The minimum Gasteiger partial charge on any atom is -0.326 e. The average molecular weight is 459 g/mol. The van der Waals surface area contributed by atoms with Crippen LogP contribution < -0.4 is 9.62 Å². The summed E-state index contributed by atoms with van der Waals surface area (Å²) in [5.41, 5.74) is 1.87. The molecule has 1 amide bonds. The number of anilines is 2. The van der Waals surface area contributed by atoms with Crippen molar-refractivity contribution in [2.24, 2.45) is 0 Å². The van der Waals surface area contributed by atoms with Gasteiger partial charge in [0.25, 0.3) is 10.0 Å². The van der Waals surface area contributed by atoms with E-state index in [2.05, 4.69) is 21.2 Å². The van der Waals surface area contributed by atoms with Gasteiger partial charge in [-0.3, -0.25) is 9.10 Å². The zero-order valence-electron chi connectivity index (χ0n) is 15.2. The predicted octanol–water partition coefficient (Wildman–Crippen LogP) is 4.46. The smallest absolute Gasteiger partial charge is 0.264 e. The topological polar surface area (TPSA) is 66.5 Å². The van der Waals surface area contributed by atoms with Crippen molar-refractivity contribution in [1.82, 2.24) is 0 Å². The summed E-state index contributed by atoms with van der Waals surface area (Å²) in [4.78, 5) is 12.4. The van der Waals surface area contributed by atoms with Crippen LogP contribution in [0.3, 0.4) is 0 Å². The number of nitrogens with zero attached hydrogens (tertiary/aromatic N) is 1. The van der Waals surface area contributed by atoms with Gasteiger partial charge in [-0.05, 0) is 48.0 Å². The molecule has 0 aliphatic rings. The summed E-state index contributed by atoms with van der Waals surface area (Å²) in [5, 5.41) is 2.76. The molecule has 0 saturated heterocycles. The second-order valence-electron chi connectivity index (χ2n) is 6.19. The van der Waals surface area contributed by atoms with Crippen molar-refractivity contribution in [3.05, 3.63) is 88.9 Å². The fraction of sp³-hybridized carbons (Fsp3) is 0.0952. The number of sulfonamides is 1. The maximum atomic E-state index is 12.9. The number of benzene rings is 3. The fourth-order valence-electron chi connectivity index (χ4n) is 2.66. The molecule has 3 rings (SSSR count). The maximum absolute atomic E-state index is 12.9. The van der Waals surface area contributed by atoms with E-state index in [1.54, 1.807) is 36.4 Å². The summed E-state index contributed by atoms with van der Waals surface area (Å²) in [6.07, 6.45) is 0.203. The van der Waals surface area contributed by atoms with Crippen LogP contribution in [0.5, 0.6) is 0 Å². The van der Waals surface area contributed by atoms with Crippen molar-refractivity contribution >= 4 is 43.2 Å². The molecule has 28 heavy (non-hydrogen) atoms. The van der Waals surface area contributed by atoms with Crippen LogP contribution >= 0.6 is 15.9 Å². The molecule has 0 aliphatic heterocycles. The van der Waals surface area contributed by atoms with Crippen LogP contribution in [0.25, 0.3) is 0 Å². The van der Waals surface area contributed by atoms with Gasteiger partial charge in [0.2, 0.25) is 5.91 Å². The first kappa shape index (κ1) is 20.1. The van der Waals surface area contributed by atoms with Gasteiger partial charge in [-0.15, -0.1) is 0 Å². The van der Waals surface area contributed by atoms with Gasteiger partial charge < -0.3 is 5.32 Å². The van der Waals surface area contributed by atoms with Crippen molar-refractivity contribution in [2.45, 2.75) is 11.3 Å². The highest BCUT2D eigenvalue weighted by Gasteiger charge is 2.21. The molecule has 7 heteroatoms. The van der Waals surface area contributed by atoms with Gasteiger partial charge in [0, 0.05) is 17.2 Å². The summed E-state index contributed by atoms with van der Waals surface area (Å²) in [6, 6.07) is 22.5. The number of carbonyl (C=O) groups is 1. The molecular formula is C21H19BrN2O3S. The lowest BCUT2D eigenvalue weighted by atomic mass is 10.1. The molecule has 0 spiro atoms. The molecule has 1 N–H and O–H groups in total. The minimum absolute atomic E-state index is 0.111. The van der Waals surface area contributed by atoms with Crippen LogP contribution in [0.1, 0.15) is 5.56 Å². The van der Waals surface area contributed by atoms with E-state index in [1.165, 1.54) is 23.5 Å². The number of para-hydroxylation sites is 1. The first-order valence-corrected chi connectivity index (χ1v) is 10.8. The molecule has 0 atom stereocenters. The first-order chi connectivity index (χ1) is 13.4. The van der Waals surface area contributed by atoms with Gasteiger partial charge >= 0.3 is 0 Å². The van der Waals surface area contributed by atoms with Crippen molar-refractivity contribution in [3.8, 4) is 0 Å². The van der Waals surface area contributed by atoms with E-state index < -0.39 is 10.0 Å². The summed E-state index contributed by atoms with van der Waals surface area (Å²) >= 11 is 3.36. The highest BCUT2D eigenvalue weighted by molar-refractivity contribution is 9.10. The van der Waals surface area contributed by atoms with E-state index >= 15 is 0 Å². The zero-order valence-corrected chi connectivity index (χ0v) is 17.6. The molecule has 0 saturated carbocycles. The quantitative estimate of drug-likeness (QED) is 0.592. The molecule has 0 unspecified atom stereocenters. The molecule has 0 radical (unpaired) electrons. The zero-order chi connectivity index (χ0) is 20.1. The SMILES string of the molecule is CN(c1ccccc1)S(=O)(=O)c1cccc(NC(=O)Cc2ccc(Br)cc2)c1. The third-order valence-corrected chi connectivity index (χ3v) is 6.48. The Morgan fingerprint density at radius 1 is 0.964 bits per heavy atom. The molecule has 0 bridgehead atoms. The van der Waals surface area contributed by atoms with Crippen LogP contribution in [-0.2, 0) is 21.2 Å². The van der Waals surface area contributed by atoms with Crippen LogP contribution in [-0.4, -0.2) is 21.4 Å². The highest BCUT2D eigenvalue weighted by Crippen LogP contribution is 2.23. The molecular weight excluding hydrogens is 440 g/mol. The monoisotopic (exact) mass is 458 g/mol. The van der Waals surface area contributed by atoms with E-state index in [0.717, 1.165) is 10.0 Å². The van der Waals surface area contributed by atoms with Crippen molar-refractivity contribution in [3.63, 3.8) is 0 Å². The lowest BCUT2D eigenvalue weighted by molar-refractivity contribution is -0.115. The van der Waals surface area contributed by atoms with E-state index in [-0.39, 0.29) is 17.2 Å². The van der Waals surface area contributed by atoms with Crippen LogP contribution in [0, 0.1) is 0 Å². The van der Waals surface area contributed by atoms with Crippen molar-refractivity contribution in [1.29, 1.82) is 0 Å². The van der Waals surface area contributed by atoms with Crippen LogP contribution in [0.4, 0.5) is 11.4 Å². The number of halogens is 1. The molecule has 0 aromatic heterocycles. The Labute approximate surface area is 173 Å². The van der Waals surface area contributed by atoms with Gasteiger partial charge in [-0.25, -0.2) is 8.42 Å². The van der Waals surface area contributed by atoms with E-state index in [1.807, 2.05) is 30.3 Å². The second-order valence-corrected chi connectivity index (χ2v) is 9.07. The highest BCUT2D eigenvalue weighted by atomic mass is 79.9. The lowest BCUT2D eigenvalue weighted by Gasteiger charge is -2.19. The van der Waals surface area contributed by atoms with E-state index in [9.17, 15) is 13.2 Å². The normalized spacial score (nSPS) is 11.1. The summed E-state index contributed by atoms with van der Waals surface area (Å²) in [7, 11) is -2.23. The number of carbonyl (C=O) groups excluding carboxylic acids is 1. The molecule has 144 valence electrons. The molecule has 0 fully saturated rings. The number of amides is 1. The third kappa shape index (κ3) is 4.79. The second kappa shape index (κ2) is 8.58. The predicted molar refractivity (Wildman–Crippen MR) is 115 cm³/mol. The molecule has 3 aromatic rings. The summed E-state index contributed by atoms with van der Waals surface area (Å²) in [6.45, 7) is 0. The number of nitrogens with one attached hydrogen (secondary N) is 1. The number of hydrogen-bond donors (Lipinski definition) is 1. The van der Waals surface area contributed by atoms with Gasteiger partial charge in [0.05, 0.1) is 17.0 Å². The fourth-order valence-corrected chi connectivity index (χ4v) is 4.17. The Morgan fingerprint density at radius 3 is 2.32 bits per heavy atom. The minimum atomic E-state index is -3.74. The summed E-state index contributed by atoms with van der Waals surface area (Å²) < 4.78 is 28.0. The van der Waals surface area contributed by atoms with Crippen LogP contribution in [0.15, 0.2) is 88.2 Å². The third-order valence-electron chi connectivity index (χ3n) is 4.17. The number of hydrogen-bond acceptors (Lipinski definition) is 3. The molecule has 3 aromatic carbocycles. The largest absolute Gasteiger partial charge is 0.326 e. The Morgan fingerprint density at radius 2 is 1.64 bits per heavy atom. The Balaban J connectivity index is 1.76. The number of rotatable bonds is 6. The van der Waals surface area contributed by atoms with Gasteiger partial charge in [-0.2, -0.15) is 0 Å². The maximum Gasteiger partial charge on any atom is 0.264 e. The van der Waals surface area contributed by atoms with Gasteiger partial charge in [0.15, 0.2) is 0 Å². The molecule has 0 aliphatic carbocycles. The first-order valence-electron chi connectivity index (χ1n) is 8.54. The van der Waals surface area contributed by atoms with E-state index in [0.29, 0.717) is 11.4 Å².